The van der Waals surface area contributed by atoms with Gasteiger partial charge in [0.05, 0.1) is 11.3 Å². The number of benzene rings is 5. The SMILES string of the molecule is Cc1cc2c3c(c1)N(c1ccc4c(c1)C(C)(C)CCC4(C)C)c1c(oc4ccc(C(C)(C)C)cc14)B3c1cc3c(cc1N2c1ccc2c(c1)C(C)(C)CCC2(C)C)C(C)(C)CCC3(C)C. The van der Waals surface area contributed by atoms with Crippen LogP contribution in [0.2, 0.25) is 0 Å². The lowest BCUT2D eigenvalue weighted by Crippen LogP contribution is -2.61. The second-order valence-corrected chi connectivity index (χ2v) is 26.3. The summed E-state index contributed by atoms with van der Waals surface area (Å²) in [6.07, 6.45) is 7.09. The number of aryl methyl sites for hydroxylation is 1. The first kappa shape index (κ1) is 42.9. The van der Waals surface area contributed by atoms with Crippen LogP contribution in [0.3, 0.4) is 0 Å². The molecule has 5 aromatic carbocycles. The van der Waals surface area contributed by atoms with Crippen LogP contribution in [0.5, 0.6) is 0 Å². The number of anilines is 6. The van der Waals surface area contributed by atoms with Crippen LogP contribution in [-0.2, 0) is 37.9 Å². The number of rotatable bonds is 2. The molecule has 0 atom stereocenters. The quantitative estimate of drug-likeness (QED) is 0.161. The molecule has 0 saturated heterocycles. The van der Waals surface area contributed by atoms with Crippen LogP contribution in [0.15, 0.2) is 83.3 Å². The highest BCUT2D eigenvalue weighted by Gasteiger charge is 2.50. The van der Waals surface area contributed by atoms with Crippen molar-refractivity contribution >= 4 is 68.4 Å². The van der Waals surface area contributed by atoms with Crippen molar-refractivity contribution in [2.75, 3.05) is 9.80 Å². The molecular weight excluding hydrogens is 787 g/mol. The zero-order valence-corrected chi connectivity index (χ0v) is 42.6. The van der Waals surface area contributed by atoms with Crippen molar-refractivity contribution in [3.8, 4) is 0 Å². The lowest BCUT2D eigenvalue weighted by atomic mass is 9.35. The van der Waals surface area contributed by atoms with Crippen molar-refractivity contribution in [1.29, 1.82) is 0 Å². The first-order chi connectivity index (χ1) is 30.2. The molecule has 3 heterocycles. The number of furan rings is 1. The molecule has 0 spiro atoms. The maximum absolute atomic E-state index is 7.48. The maximum atomic E-state index is 7.48. The zero-order chi connectivity index (χ0) is 46.3. The van der Waals surface area contributed by atoms with Gasteiger partial charge in [0.25, 0.3) is 6.71 Å². The molecule has 5 aliphatic rings. The van der Waals surface area contributed by atoms with Gasteiger partial charge in [0.1, 0.15) is 5.58 Å². The predicted molar refractivity (Wildman–Crippen MR) is 280 cm³/mol. The largest absolute Gasteiger partial charge is 0.468 e. The Bertz CT molecular complexity index is 3020. The van der Waals surface area contributed by atoms with Crippen LogP contribution in [0.1, 0.15) is 187 Å². The number of fused-ring (bicyclic) bond motifs is 9. The number of nitrogens with zero attached hydrogens (tertiary/aromatic N) is 2. The molecule has 6 aromatic rings. The molecule has 3 aliphatic carbocycles. The zero-order valence-electron chi connectivity index (χ0n) is 42.6. The lowest BCUT2D eigenvalue weighted by molar-refractivity contribution is 0.332. The Kier molecular flexibility index (Phi) is 8.75. The minimum Gasteiger partial charge on any atom is -0.468 e. The molecule has 0 unspecified atom stereocenters. The van der Waals surface area contributed by atoms with E-state index in [1.807, 2.05) is 0 Å². The summed E-state index contributed by atoms with van der Waals surface area (Å²) in [6.45, 7) is 38.7. The number of hydrogen-bond acceptors (Lipinski definition) is 3. The van der Waals surface area contributed by atoms with Crippen LogP contribution >= 0.6 is 0 Å². The summed E-state index contributed by atoms with van der Waals surface area (Å²) < 4.78 is 7.48. The lowest BCUT2D eigenvalue weighted by Gasteiger charge is -2.47. The van der Waals surface area contributed by atoms with Gasteiger partial charge in [-0.1, -0.05) is 128 Å². The van der Waals surface area contributed by atoms with Gasteiger partial charge in [-0.05, 0) is 193 Å². The highest BCUT2D eigenvalue weighted by molar-refractivity contribution is 7.00. The van der Waals surface area contributed by atoms with E-state index in [1.165, 1.54) is 133 Å². The van der Waals surface area contributed by atoms with Gasteiger partial charge in [0.15, 0.2) is 0 Å². The van der Waals surface area contributed by atoms with E-state index in [4.69, 9.17) is 4.42 Å². The maximum Gasteiger partial charge on any atom is 0.297 e. The minimum atomic E-state index is -0.0873. The average molecular weight is 861 g/mol. The van der Waals surface area contributed by atoms with Crippen molar-refractivity contribution in [3.05, 3.63) is 123 Å². The van der Waals surface area contributed by atoms with Crippen molar-refractivity contribution in [1.82, 2.24) is 0 Å². The molecule has 65 heavy (non-hydrogen) atoms. The summed E-state index contributed by atoms with van der Waals surface area (Å²) in [4.78, 5) is 5.30. The third-order valence-corrected chi connectivity index (χ3v) is 17.8. The molecule has 0 radical (unpaired) electrons. The molecule has 0 saturated carbocycles. The third-order valence-electron chi connectivity index (χ3n) is 17.8. The Morgan fingerprint density at radius 2 is 0.923 bits per heavy atom. The Balaban J connectivity index is 1.27. The number of hydrogen-bond donors (Lipinski definition) is 0. The normalized spacial score (nSPS) is 21.2. The van der Waals surface area contributed by atoms with Gasteiger partial charge in [-0.2, -0.15) is 0 Å². The molecule has 0 fully saturated rings. The smallest absolute Gasteiger partial charge is 0.297 e. The van der Waals surface area contributed by atoms with Crippen LogP contribution in [0, 0.1) is 6.92 Å². The summed E-state index contributed by atoms with van der Waals surface area (Å²) in [5.74, 6) is 0. The van der Waals surface area contributed by atoms with E-state index in [-0.39, 0.29) is 44.6 Å². The minimum absolute atomic E-state index is 0.0189. The van der Waals surface area contributed by atoms with Gasteiger partial charge in [0.2, 0.25) is 0 Å². The van der Waals surface area contributed by atoms with Crippen LogP contribution in [0.4, 0.5) is 34.1 Å². The highest BCUT2D eigenvalue weighted by atomic mass is 16.3. The van der Waals surface area contributed by atoms with E-state index in [0.717, 1.165) is 11.2 Å². The van der Waals surface area contributed by atoms with E-state index in [1.54, 1.807) is 0 Å². The van der Waals surface area contributed by atoms with Gasteiger partial charge in [-0.25, -0.2) is 0 Å². The Morgan fingerprint density at radius 3 is 1.43 bits per heavy atom. The fourth-order valence-electron chi connectivity index (χ4n) is 13.1. The van der Waals surface area contributed by atoms with Gasteiger partial charge in [-0.3, -0.25) is 0 Å². The molecule has 336 valence electrons. The summed E-state index contributed by atoms with van der Waals surface area (Å²) in [7, 11) is 0. The van der Waals surface area contributed by atoms with Crippen LogP contribution < -0.4 is 26.4 Å². The second-order valence-electron chi connectivity index (χ2n) is 26.3. The van der Waals surface area contributed by atoms with Gasteiger partial charge in [0, 0.05) is 33.8 Å². The fourth-order valence-corrected chi connectivity index (χ4v) is 13.1. The summed E-state index contributed by atoms with van der Waals surface area (Å²) >= 11 is 0. The van der Waals surface area contributed by atoms with Crippen molar-refractivity contribution in [2.24, 2.45) is 0 Å². The molecule has 0 bridgehead atoms. The third kappa shape index (κ3) is 6.19. The Morgan fingerprint density at radius 1 is 0.477 bits per heavy atom. The average Bonchev–Trinajstić information content (AvgIpc) is 3.60. The fraction of sp³-hybridized carbons (Fsp3) is 0.475. The Labute approximate surface area is 391 Å². The molecule has 2 aliphatic heterocycles. The molecular formula is C61H73BN2O. The van der Waals surface area contributed by atoms with E-state index in [9.17, 15) is 0 Å². The second kappa shape index (κ2) is 13.3. The first-order valence-corrected chi connectivity index (χ1v) is 25.0. The van der Waals surface area contributed by atoms with Crippen molar-refractivity contribution in [2.45, 2.75) is 187 Å². The first-order valence-electron chi connectivity index (χ1n) is 25.0. The Hall–Kier alpha value is -4.70. The predicted octanol–water partition coefficient (Wildman–Crippen LogP) is 15.2. The van der Waals surface area contributed by atoms with Gasteiger partial charge < -0.3 is 14.2 Å². The summed E-state index contributed by atoms with van der Waals surface area (Å²) in [5.41, 5.74) is 24.2. The monoisotopic (exact) mass is 861 g/mol. The molecule has 4 heteroatoms. The van der Waals surface area contributed by atoms with Crippen molar-refractivity contribution < 1.29 is 4.42 Å². The van der Waals surface area contributed by atoms with E-state index < -0.39 is 0 Å². The highest BCUT2D eigenvalue weighted by Crippen LogP contribution is 2.55. The van der Waals surface area contributed by atoms with E-state index in [2.05, 4.69) is 199 Å². The molecule has 0 N–H and O–H groups in total. The van der Waals surface area contributed by atoms with Crippen LogP contribution in [-0.4, -0.2) is 6.71 Å². The van der Waals surface area contributed by atoms with Gasteiger partial charge in [-0.15, -0.1) is 0 Å². The summed E-state index contributed by atoms with van der Waals surface area (Å²) in [6, 6.07) is 32.2. The molecule has 1 aromatic heterocycles. The van der Waals surface area contributed by atoms with Crippen LogP contribution in [0.25, 0.3) is 11.0 Å². The molecule has 3 nitrogen and oxygen atoms in total. The molecule has 0 amide bonds. The molecule has 11 rings (SSSR count). The van der Waals surface area contributed by atoms with Crippen molar-refractivity contribution in [3.63, 3.8) is 0 Å². The topological polar surface area (TPSA) is 19.6 Å². The van der Waals surface area contributed by atoms with E-state index >= 15 is 0 Å². The van der Waals surface area contributed by atoms with Gasteiger partial charge >= 0.3 is 0 Å². The van der Waals surface area contributed by atoms with E-state index in [0.29, 0.717) is 0 Å². The standard InChI is InChI=1S/C61H73BN2O/c1-36-29-49-52-50(30-36)64(39-19-21-42-44(33-39)59(11,12)26-24-57(42,7)8)53-40-31-37(55(2,3)4)17-22-51(40)65-54(53)62(52)47-34-45-46(61(15,16)28-27-60(45,13)14)35-48(47)63(49)38-18-20-41-43(32-38)58(9,10)25-23-56(41,5)6/h17-22,29-35H,23-28H2,1-16H3. The summed E-state index contributed by atoms with van der Waals surface area (Å²) in [5, 5.41) is 1.20.